The third-order valence-corrected chi connectivity index (χ3v) is 6.10. The van der Waals surface area contributed by atoms with E-state index in [2.05, 4.69) is 10.3 Å². The van der Waals surface area contributed by atoms with Gasteiger partial charge >= 0.3 is 0 Å². The number of likely N-dealkylation sites (N-methyl/N-ethyl adjacent to an activating group) is 1. The van der Waals surface area contributed by atoms with E-state index in [1.807, 2.05) is 6.92 Å². The lowest BCUT2D eigenvalue weighted by molar-refractivity contribution is -0.116. The van der Waals surface area contributed by atoms with Gasteiger partial charge in [0, 0.05) is 13.2 Å². The van der Waals surface area contributed by atoms with Crippen molar-refractivity contribution in [1.82, 2.24) is 9.29 Å². The molecule has 0 spiro atoms. The van der Waals surface area contributed by atoms with Crippen molar-refractivity contribution >= 4 is 31.8 Å². The summed E-state index contributed by atoms with van der Waals surface area (Å²) in [6.45, 7) is 1.35. The van der Waals surface area contributed by atoms with Gasteiger partial charge in [-0.1, -0.05) is 6.07 Å². The molecule has 0 radical (unpaired) electrons. The molecule has 0 saturated carbocycles. The summed E-state index contributed by atoms with van der Waals surface area (Å²) < 4.78 is 48.7. The lowest BCUT2D eigenvalue weighted by atomic mass is 10.3. The van der Waals surface area contributed by atoms with Crippen LogP contribution in [0.4, 0.5) is 5.82 Å². The number of primary sulfonamides is 1. The minimum absolute atomic E-state index is 0.284. The molecule has 0 aliphatic rings. The van der Waals surface area contributed by atoms with Gasteiger partial charge in [0.25, 0.3) is 0 Å². The SMILES string of the molecule is Cc1ccnc(NC(=O)CN(C)S(=O)(=O)c2cccc(S(N)(=O)=O)c2)c1. The zero-order chi connectivity index (χ0) is 19.5. The van der Waals surface area contributed by atoms with Crippen LogP contribution < -0.4 is 10.5 Å². The molecule has 9 nitrogen and oxygen atoms in total. The fourth-order valence-corrected chi connectivity index (χ4v) is 3.87. The summed E-state index contributed by atoms with van der Waals surface area (Å²) >= 11 is 0. The van der Waals surface area contributed by atoms with Crippen molar-refractivity contribution in [1.29, 1.82) is 0 Å². The van der Waals surface area contributed by atoms with Gasteiger partial charge in [0.2, 0.25) is 26.0 Å². The maximum absolute atomic E-state index is 12.5. The molecule has 0 fully saturated rings. The van der Waals surface area contributed by atoms with Crippen LogP contribution in [0.3, 0.4) is 0 Å². The lowest BCUT2D eigenvalue weighted by Crippen LogP contribution is -2.35. The first-order valence-electron chi connectivity index (χ1n) is 7.32. The number of carbonyl (C=O) groups is 1. The van der Waals surface area contributed by atoms with E-state index in [-0.39, 0.29) is 9.79 Å². The van der Waals surface area contributed by atoms with Crippen LogP contribution in [-0.4, -0.2) is 45.6 Å². The quantitative estimate of drug-likeness (QED) is 0.717. The molecule has 26 heavy (non-hydrogen) atoms. The van der Waals surface area contributed by atoms with Gasteiger partial charge in [-0.25, -0.2) is 27.0 Å². The van der Waals surface area contributed by atoms with Gasteiger partial charge in [-0.05, 0) is 42.8 Å². The van der Waals surface area contributed by atoms with Crippen LogP contribution in [-0.2, 0) is 24.8 Å². The van der Waals surface area contributed by atoms with Gasteiger partial charge < -0.3 is 5.32 Å². The van der Waals surface area contributed by atoms with Crippen LogP contribution in [0.25, 0.3) is 0 Å². The maximum atomic E-state index is 12.5. The molecule has 2 rings (SSSR count). The number of amides is 1. The number of hydrogen-bond acceptors (Lipinski definition) is 6. The molecule has 0 aliphatic carbocycles. The van der Waals surface area contributed by atoms with Crippen LogP contribution in [0.5, 0.6) is 0 Å². The number of rotatable bonds is 6. The summed E-state index contributed by atoms with van der Waals surface area (Å²) in [5, 5.41) is 7.52. The van der Waals surface area contributed by atoms with E-state index in [1.165, 1.54) is 31.4 Å². The van der Waals surface area contributed by atoms with Gasteiger partial charge in [0.1, 0.15) is 5.82 Å². The number of carbonyl (C=O) groups excluding carboxylic acids is 1. The number of nitrogens with one attached hydrogen (secondary N) is 1. The number of nitrogens with zero attached hydrogens (tertiary/aromatic N) is 2. The van der Waals surface area contributed by atoms with Crippen molar-refractivity contribution in [2.45, 2.75) is 16.7 Å². The Balaban J connectivity index is 2.17. The van der Waals surface area contributed by atoms with Gasteiger partial charge in [-0.15, -0.1) is 0 Å². The molecule has 1 amide bonds. The Kier molecular flexibility index (Phi) is 5.76. The highest BCUT2D eigenvalue weighted by Gasteiger charge is 2.24. The molecule has 1 heterocycles. The van der Waals surface area contributed by atoms with Crippen LogP contribution in [0.15, 0.2) is 52.4 Å². The molecule has 0 aliphatic heterocycles. The summed E-state index contributed by atoms with van der Waals surface area (Å²) in [6, 6.07) is 8.01. The van der Waals surface area contributed by atoms with Gasteiger partial charge in [-0.2, -0.15) is 4.31 Å². The second-order valence-corrected chi connectivity index (χ2v) is 9.15. The first-order valence-corrected chi connectivity index (χ1v) is 10.3. The van der Waals surface area contributed by atoms with E-state index in [0.29, 0.717) is 5.82 Å². The highest BCUT2D eigenvalue weighted by molar-refractivity contribution is 7.90. The second kappa shape index (κ2) is 7.50. The topological polar surface area (TPSA) is 140 Å². The van der Waals surface area contributed by atoms with Crippen LogP contribution in [0, 0.1) is 6.92 Å². The predicted octanol–water partition coefficient (Wildman–Crippen LogP) is 0.297. The summed E-state index contributed by atoms with van der Waals surface area (Å²) in [7, 11) is -6.92. The van der Waals surface area contributed by atoms with Gasteiger partial charge in [-0.3, -0.25) is 4.79 Å². The molecule has 2 aromatic rings. The fraction of sp³-hybridized carbons (Fsp3) is 0.200. The Hall–Kier alpha value is -2.34. The van der Waals surface area contributed by atoms with E-state index in [0.717, 1.165) is 15.9 Å². The Morgan fingerprint density at radius 3 is 2.42 bits per heavy atom. The second-order valence-electron chi connectivity index (χ2n) is 5.55. The average Bonchev–Trinajstić information content (AvgIpc) is 2.54. The van der Waals surface area contributed by atoms with E-state index < -0.39 is 32.5 Å². The summed E-state index contributed by atoms with van der Waals surface area (Å²) in [5.74, 6) is -0.284. The standard InChI is InChI=1S/C15H18N4O5S2/c1-11-6-7-17-14(8-11)18-15(20)10-19(2)26(23,24)13-5-3-4-12(9-13)25(16,21)22/h3-9H,10H2,1-2H3,(H2,16,21,22)(H,17,18,20). The number of nitrogens with two attached hydrogens (primary N) is 1. The molecule has 3 N–H and O–H groups in total. The smallest absolute Gasteiger partial charge is 0.243 e. The Morgan fingerprint density at radius 1 is 1.15 bits per heavy atom. The maximum Gasteiger partial charge on any atom is 0.243 e. The van der Waals surface area contributed by atoms with Gasteiger partial charge in [0.15, 0.2) is 0 Å². The summed E-state index contributed by atoms with van der Waals surface area (Å²) in [4.78, 5) is 15.4. The molecular weight excluding hydrogens is 380 g/mol. The van der Waals surface area contributed by atoms with E-state index >= 15 is 0 Å². The minimum Gasteiger partial charge on any atom is -0.310 e. The number of anilines is 1. The molecule has 0 atom stereocenters. The monoisotopic (exact) mass is 398 g/mol. The number of benzene rings is 1. The molecule has 0 unspecified atom stereocenters. The Bertz CT molecular complexity index is 1040. The fourth-order valence-electron chi connectivity index (χ4n) is 2.07. The normalized spacial score (nSPS) is 12.2. The Labute approximate surface area is 152 Å². The lowest BCUT2D eigenvalue weighted by Gasteiger charge is -2.17. The van der Waals surface area contributed by atoms with Crippen LogP contribution in [0.1, 0.15) is 5.56 Å². The van der Waals surface area contributed by atoms with Crippen molar-refractivity contribution in [3.05, 3.63) is 48.2 Å². The highest BCUT2D eigenvalue weighted by Crippen LogP contribution is 2.18. The van der Waals surface area contributed by atoms with E-state index in [4.69, 9.17) is 5.14 Å². The zero-order valence-electron chi connectivity index (χ0n) is 14.1. The predicted molar refractivity (Wildman–Crippen MR) is 95.2 cm³/mol. The van der Waals surface area contributed by atoms with Crippen LogP contribution in [0.2, 0.25) is 0 Å². The highest BCUT2D eigenvalue weighted by atomic mass is 32.2. The third-order valence-electron chi connectivity index (χ3n) is 3.39. The molecule has 140 valence electrons. The number of aryl methyl sites for hydroxylation is 1. The first kappa shape index (κ1) is 20.0. The number of aromatic nitrogens is 1. The third kappa shape index (κ3) is 4.85. The molecular formula is C15H18N4O5S2. The molecule has 1 aromatic heterocycles. The number of pyridine rings is 1. The summed E-state index contributed by atoms with van der Waals surface area (Å²) in [5.41, 5.74) is 0.885. The van der Waals surface area contributed by atoms with Crippen molar-refractivity contribution in [3.63, 3.8) is 0 Å². The van der Waals surface area contributed by atoms with Crippen molar-refractivity contribution in [2.75, 3.05) is 18.9 Å². The summed E-state index contributed by atoms with van der Waals surface area (Å²) in [6.07, 6.45) is 1.52. The number of hydrogen-bond donors (Lipinski definition) is 2. The largest absolute Gasteiger partial charge is 0.310 e. The van der Waals surface area contributed by atoms with Crippen molar-refractivity contribution in [3.8, 4) is 0 Å². The molecule has 0 bridgehead atoms. The van der Waals surface area contributed by atoms with E-state index in [1.54, 1.807) is 12.1 Å². The van der Waals surface area contributed by atoms with Crippen molar-refractivity contribution < 1.29 is 21.6 Å². The molecule has 0 saturated heterocycles. The first-order chi connectivity index (χ1) is 12.0. The minimum atomic E-state index is -4.09. The number of sulfonamides is 2. The molecule has 11 heteroatoms. The van der Waals surface area contributed by atoms with Crippen LogP contribution >= 0.6 is 0 Å². The van der Waals surface area contributed by atoms with Gasteiger partial charge in [0.05, 0.1) is 16.3 Å². The van der Waals surface area contributed by atoms with Crippen molar-refractivity contribution in [2.24, 2.45) is 5.14 Å². The average molecular weight is 398 g/mol. The molecule has 1 aromatic carbocycles. The van der Waals surface area contributed by atoms with E-state index in [9.17, 15) is 21.6 Å². The Morgan fingerprint density at radius 2 is 1.81 bits per heavy atom. The zero-order valence-corrected chi connectivity index (χ0v) is 15.7.